The van der Waals surface area contributed by atoms with Gasteiger partial charge in [0.25, 0.3) is 0 Å². The molecule has 1 aromatic carbocycles. The molecule has 4 rings (SSSR count). The van der Waals surface area contributed by atoms with Gasteiger partial charge >= 0.3 is 12.1 Å². The van der Waals surface area contributed by atoms with E-state index in [0.29, 0.717) is 6.20 Å². The molecule has 39 heavy (non-hydrogen) atoms. The Labute approximate surface area is 220 Å². The van der Waals surface area contributed by atoms with Crippen molar-refractivity contribution in [2.45, 2.75) is 50.3 Å². The molecule has 0 spiro atoms. The summed E-state index contributed by atoms with van der Waals surface area (Å²) in [6, 6.07) is 3.23. The predicted octanol–water partition coefficient (Wildman–Crippen LogP) is 3.62. The Bertz CT molecular complexity index is 1500. The molecule has 3 aromatic rings. The third-order valence-corrected chi connectivity index (χ3v) is 7.69. The number of carboxylic acids is 1. The van der Waals surface area contributed by atoms with Crippen LogP contribution in [0, 0.1) is 11.7 Å². The Morgan fingerprint density at radius 1 is 1.21 bits per heavy atom. The summed E-state index contributed by atoms with van der Waals surface area (Å²) in [5.41, 5.74) is -3.22. The number of aromatic nitrogens is 4. The molecule has 2 aromatic heterocycles. The molecule has 0 aliphatic heterocycles. The van der Waals surface area contributed by atoms with Gasteiger partial charge in [0.1, 0.15) is 11.4 Å². The number of benzene rings is 1. The number of carboxylic acid groups (broad SMARTS) is 1. The van der Waals surface area contributed by atoms with E-state index in [0.717, 1.165) is 18.3 Å². The lowest BCUT2D eigenvalue weighted by Crippen LogP contribution is -2.42. The number of nitrogens with one attached hydrogen (secondary N) is 2. The molecular weight excluding hydrogens is 548 g/mol. The van der Waals surface area contributed by atoms with Gasteiger partial charge in [0.2, 0.25) is 16.0 Å². The quantitative estimate of drug-likeness (QED) is 0.281. The summed E-state index contributed by atoms with van der Waals surface area (Å²) in [6.45, 7) is 3.02. The normalized spacial score (nSPS) is 17.9. The summed E-state index contributed by atoms with van der Waals surface area (Å²) < 4.78 is 84.1. The first-order valence-electron chi connectivity index (χ1n) is 11.5. The van der Waals surface area contributed by atoms with Gasteiger partial charge in [0, 0.05) is 24.0 Å². The van der Waals surface area contributed by atoms with Crippen LogP contribution >= 0.6 is 0 Å². The third kappa shape index (κ3) is 6.62. The molecule has 0 bridgehead atoms. The Kier molecular flexibility index (Phi) is 7.29. The van der Waals surface area contributed by atoms with Crippen LogP contribution in [0.3, 0.4) is 0 Å². The molecule has 0 unspecified atom stereocenters. The van der Waals surface area contributed by atoms with Crippen molar-refractivity contribution in [3.8, 4) is 11.3 Å². The second-order valence-electron chi connectivity index (χ2n) is 9.79. The maximum atomic E-state index is 14.8. The topological polar surface area (TPSA) is 159 Å². The average Bonchev–Trinajstić information content (AvgIpc) is 3.19. The minimum Gasteiger partial charge on any atom is -0.481 e. The van der Waals surface area contributed by atoms with Gasteiger partial charge in [0.15, 0.2) is 0 Å². The number of alkyl halides is 3. The lowest BCUT2D eigenvalue weighted by molar-refractivity contribution is -0.144. The van der Waals surface area contributed by atoms with E-state index < -0.39 is 56.0 Å². The number of halogens is 4. The van der Waals surface area contributed by atoms with Crippen molar-refractivity contribution in [3.05, 3.63) is 48.2 Å². The molecule has 0 saturated heterocycles. The smallest absolute Gasteiger partial charge is 0.419 e. The molecule has 11 nitrogen and oxygen atoms in total. The maximum absolute atomic E-state index is 14.8. The molecule has 4 N–H and O–H groups in total. The highest BCUT2D eigenvalue weighted by molar-refractivity contribution is 7.93. The van der Waals surface area contributed by atoms with E-state index in [1.54, 1.807) is 0 Å². The van der Waals surface area contributed by atoms with Crippen LogP contribution in [0.2, 0.25) is 0 Å². The number of hydrogen-bond donors (Lipinski definition) is 4. The summed E-state index contributed by atoms with van der Waals surface area (Å²) in [5, 5.41) is 24.4. The van der Waals surface area contributed by atoms with Crippen LogP contribution in [0.25, 0.3) is 11.3 Å². The minimum absolute atomic E-state index is 0.00669. The molecule has 210 valence electrons. The fraction of sp³-hybridized carbons (Fsp3) is 0.391. The number of sulfonamides is 1. The Hall–Kier alpha value is -3.79. The standard InChI is InChI=1S/C23H24F4N6O5S/c1-22(2,36)11-33-10-13(8-29-33)19-16(23(25,26)27)9-28-21(31-19)30-18-4-3-14(7-17(18)24)32-39(37,38)15-5-12(6-15)20(34)35/h3-4,7-10,12,15,32,36H,5-6,11H2,1-2H3,(H,34,35)(H,28,30,31). The number of aliphatic carboxylic acids is 1. The molecule has 2 heterocycles. The zero-order valence-electron chi connectivity index (χ0n) is 20.6. The van der Waals surface area contributed by atoms with E-state index in [9.17, 15) is 35.9 Å². The molecule has 0 atom stereocenters. The van der Waals surface area contributed by atoms with Crippen molar-refractivity contribution in [2.24, 2.45) is 5.92 Å². The number of carbonyl (C=O) groups is 1. The number of aliphatic hydroxyl groups is 1. The van der Waals surface area contributed by atoms with Crippen molar-refractivity contribution < 1.29 is 41.0 Å². The lowest BCUT2D eigenvalue weighted by atomic mass is 9.85. The second-order valence-corrected chi connectivity index (χ2v) is 11.7. The first-order valence-corrected chi connectivity index (χ1v) is 13.1. The van der Waals surface area contributed by atoms with E-state index in [4.69, 9.17) is 5.11 Å². The second kappa shape index (κ2) is 10.1. The van der Waals surface area contributed by atoms with E-state index >= 15 is 0 Å². The van der Waals surface area contributed by atoms with Crippen LogP contribution in [-0.4, -0.2) is 55.2 Å². The van der Waals surface area contributed by atoms with Crippen LogP contribution in [0.4, 0.5) is 34.9 Å². The van der Waals surface area contributed by atoms with E-state index in [-0.39, 0.29) is 42.3 Å². The van der Waals surface area contributed by atoms with Crippen molar-refractivity contribution in [3.63, 3.8) is 0 Å². The van der Waals surface area contributed by atoms with Crippen molar-refractivity contribution >= 4 is 33.3 Å². The van der Waals surface area contributed by atoms with Crippen LogP contribution < -0.4 is 10.0 Å². The van der Waals surface area contributed by atoms with Gasteiger partial charge in [-0.2, -0.15) is 18.3 Å². The Morgan fingerprint density at radius 2 is 1.90 bits per heavy atom. The average molecular weight is 573 g/mol. The Morgan fingerprint density at radius 3 is 2.49 bits per heavy atom. The largest absolute Gasteiger partial charge is 0.481 e. The zero-order valence-corrected chi connectivity index (χ0v) is 21.4. The third-order valence-electron chi connectivity index (χ3n) is 5.91. The highest BCUT2D eigenvalue weighted by Crippen LogP contribution is 2.37. The summed E-state index contributed by atoms with van der Waals surface area (Å²) in [4.78, 5) is 18.5. The van der Waals surface area contributed by atoms with Gasteiger partial charge in [-0.3, -0.25) is 14.2 Å². The van der Waals surface area contributed by atoms with E-state index in [1.807, 2.05) is 0 Å². The lowest BCUT2D eigenvalue weighted by Gasteiger charge is -2.31. The number of nitrogens with zero attached hydrogens (tertiary/aromatic N) is 4. The molecular formula is C23H24F4N6O5S. The summed E-state index contributed by atoms with van der Waals surface area (Å²) >= 11 is 0. The molecule has 1 saturated carbocycles. The van der Waals surface area contributed by atoms with Crippen LogP contribution in [0.5, 0.6) is 0 Å². The molecule has 1 fully saturated rings. The Balaban J connectivity index is 1.55. The van der Waals surface area contributed by atoms with Crippen LogP contribution in [0.1, 0.15) is 32.3 Å². The monoisotopic (exact) mass is 572 g/mol. The summed E-state index contributed by atoms with van der Waals surface area (Å²) in [6.07, 6.45) is -1.95. The predicted molar refractivity (Wildman–Crippen MR) is 131 cm³/mol. The van der Waals surface area contributed by atoms with Crippen molar-refractivity contribution in [1.82, 2.24) is 19.7 Å². The van der Waals surface area contributed by atoms with Gasteiger partial charge in [-0.1, -0.05) is 0 Å². The SMILES string of the molecule is CC(C)(O)Cn1cc(-c2nc(Nc3ccc(NS(=O)(=O)C4CC(C(=O)O)C4)cc3F)ncc2C(F)(F)F)cn1. The van der Waals surface area contributed by atoms with Gasteiger partial charge < -0.3 is 15.5 Å². The molecule has 16 heteroatoms. The number of hydrogen-bond acceptors (Lipinski definition) is 8. The van der Waals surface area contributed by atoms with Crippen molar-refractivity contribution in [1.29, 1.82) is 0 Å². The van der Waals surface area contributed by atoms with Crippen LogP contribution in [0.15, 0.2) is 36.8 Å². The molecule has 0 amide bonds. The first kappa shape index (κ1) is 28.2. The molecule has 0 radical (unpaired) electrons. The maximum Gasteiger partial charge on any atom is 0.419 e. The van der Waals surface area contributed by atoms with Crippen molar-refractivity contribution in [2.75, 3.05) is 10.0 Å². The van der Waals surface area contributed by atoms with Crippen LogP contribution in [-0.2, 0) is 27.5 Å². The fourth-order valence-electron chi connectivity index (χ4n) is 3.91. The van der Waals surface area contributed by atoms with Gasteiger partial charge in [-0.25, -0.2) is 22.8 Å². The first-order chi connectivity index (χ1) is 18.0. The van der Waals surface area contributed by atoms with Gasteiger partial charge in [0.05, 0.1) is 46.6 Å². The number of anilines is 3. The zero-order chi connectivity index (χ0) is 28.8. The van der Waals surface area contributed by atoms with E-state index in [1.165, 1.54) is 30.8 Å². The molecule has 1 aliphatic carbocycles. The van der Waals surface area contributed by atoms with E-state index in [2.05, 4.69) is 25.1 Å². The number of rotatable bonds is 9. The minimum atomic E-state index is -4.80. The summed E-state index contributed by atoms with van der Waals surface area (Å²) in [5.74, 6) is -3.15. The fourth-order valence-corrected chi connectivity index (χ4v) is 5.50. The highest BCUT2D eigenvalue weighted by atomic mass is 32.2. The van der Waals surface area contributed by atoms with Gasteiger partial charge in [-0.15, -0.1) is 0 Å². The highest BCUT2D eigenvalue weighted by Gasteiger charge is 2.42. The molecule has 1 aliphatic rings. The van der Waals surface area contributed by atoms with Gasteiger partial charge in [-0.05, 0) is 38.8 Å². The summed E-state index contributed by atoms with van der Waals surface area (Å²) in [7, 11) is -3.95.